The highest BCUT2D eigenvalue weighted by atomic mass is 32.2. The fourth-order valence-corrected chi connectivity index (χ4v) is 1.69. The van der Waals surface area contributed by atoms with Crippen molar-refractivity contribution >= 4 is 17.4 Å². The van der Waals surface area contributed by atoms with Crippen LogP contribution in [0.25, 0.3) is 0 Å². The maximum Gasteiger partial charge on any atom is 0.269 e. The monoisotopic (exact) mass is 222 g/mol. The number of hydrogen-bond donors (Lipinski definition) is 0. The lowest BCUT2D eigenvalue weighted by atomic mass is 10.3. The van der Waals surface area contributed by atoms with E-state index in [1.165, 1.54) is 30.2 Å². The molecule has 15 heavy (non-hydrogen) atoms. The van der Waals surface area contributed by atoms with Gasteiger partial charge in [0.2, 0.25) is 0 Å². The van der Waals surface area contributed by atoms with E-state index in [9.17, 15) is 10.1 Å². The fourth-order valence-electron chi connectivity index (χ4n) is 0.997. The molecule has 0 aliphatic carbocycles. The second kappa shape index (κ2) is 4.14. The Hall–Kier alpha value is -1.82. The molecule has 0 spiro atoms. The van der Waals surface area contributed by atoms with Gasteiger partial charge in [0, 0.05) is 17.0 Å². The van der Waals surface area contributed by atoms with Crippen molar-refractivity contribution in [3.05, 3.63) is 46.8 Å². The molecular formula is C9H6N2O3S. The van der Waals surface area contributed by atoms with Gasteiger partial charge in [-0.25, -0.2) is 4.98 Å². The van der Waals surface area contributed by atoms with Gasteiger partial charge in [-0.2, -0.15) is 0 Å². The van der Waals surface area contributed by atoms with Crippen LogP contribution in [0.1, 0.15) is 0 Å². The van der Waals surface area contributed by atoms with Crippen molar-refractivity contribution in [3.8, 4) is 0 Å². The Morgan fingerprint density at radius 1 is 1.33 bits per heavy atom. The van der Waals surface area contributed by atoms with Gasteiger partial charge in [-0.15, -0.1) is 0 Å². The fraction of sp³-hybridized carbons (Fsp3) is 0. The number of hydrogen-bond acceptors (Lipinski definition) is 5. The second-order valence-corrected chi connectivity index (χ2v) is 3.68. The molecule has 0 unspecified atom stereocenters. The zero-order valence-electron chi connectivity index (χ0n) is 7.49. The maximum atomic E-state index is 10.4. The molecule has 0 amide bonds. The summed E-state index contributed by atoms with van der Waals surface area (Å²) >= 11 is 1.31. The molecule has 0 radical (unpaired) electrons. The summed E-state index contributed by atoms with van der Waals surface area (Å²) in [5.74, 6) is 0. The van der Waals surface area contributed by atoms with E-state index in [2.05, 4.69) is 4.98 Å². The molecule has 2 rings (SSSR count). The van der Waals surface area contributed by atoms with E-state index >= 15 is 0 Å². The summed E-state index contributed by atoms with van der Waals surface area (Å²) in [7, 11) is 0. The van der Waals surface area contributed by atoms with Crippen molar-refractivity contribution in [2.24, 2.45) is 0 Å². The van der Waals surface area contributed by atoms with Crippen molar-refractivity contribution in [3.63, 3.8) is 0 Å². The van der Waals surface area contributed by atoms with Crippen LogP contribution >= 0.6 is 11.8 Å². The third-order valence-corrected chi connectivity index (χ3v) is 2.55. The first kappa shape index (κ1) is 9.72. The quantitative estimate of drug-likeness (QED) is 0.590. The molecule has 6 heteroatoms. The van der Waals surface area contributed by atoms with Crippen LogP contribution in [-0.4, -0.2) is 9.91 Å². The number of nitrogens with zero attached hydrogens (tertiary/aromatic N) is 2. The van der Waals surface area contributed by atoms with Crippen molar-refractivity contribution in [1.82, 2.24) is 4.98 Å². The van der Waals surface area contributed by atoms with E-state index in [-0.39, 0.29) is 5.69 Å². The number of non-ortho nitro benzene ring substituents is 1. The molecule has 1 heterocycles. The van der Waals surface area contributed by atoms with Gasteiger partial charge in [-0.1, -0.05) is 0 Å². The van der Waals surface area contributed by atoms with E-state index in [1.54, 1.807) is 18.3 Å². The molecular weight excluding hydrogens is 216 g/mol. The van der Waals surface area contributed by atoms with E-state index in [1.807, 2.05) is 0 Å². The van der Waals surface area contributed by atoms with Gasteiger partial charge in [0.15, 0.2) is 0 Å². The van der Waals surface area contributed by atoms with E-state index < -0.39 is 4.92 Å². The summed E-state index contributed by atoms with van der Waals surface area (Å²) in [5.41, 5.74) is 0.0757. The van der Waals surface area contributed by atoms with Crippen molar-refractivity contribution in [1.29, 1.82) is 0 Å². The van der Waals surface area contributed by atoms with Gasteiger partial charge in [-0.3, -0.25) is 10.1 Å². The molecule has 1 aromatic carbocycles. The topological polar surface area (TPSA) is 69.2 Å². The van der Waals surface area contributed by atoms with Crippen LogP contribution in [0.5, 0.6) is 0 Å². The third-order valence-electron chi connectivity index (χ3n) is 1.66. The van der Waals surface area contributed by atoms with Gasteiger partial charge in [0.25, 0.3) is 10.9 Å². The van der Waals surface area contributed by atoms with Crippen molar-refractivity contribution in [2.75, 3.05) is 0 Å². The van der Waals surface area contributed by atoms with Gasteiger partial charge in [0.1, 0.15) is 6.26 Å². The Balaban J connectivity index is 2.14. The van der Waals surface area contributed by atoms with Crippen LogP contribution in [0.2, 0.25) is 0 Å². The third kappa shape index (κ3) is 2.35. The van der Waals surface area contributed by atoms with E-state index in [4.69, 9.17) is 4.42 Å². The Morgan fingerprint density at radius 3 is 2.60 bits per heavy atom. The molecule has 76 valence electrons. The van der Waals surface area contributed by atoms with E-state index in [0.717, 1.165) is 4.90 Å². The first-order chi connectivity index (χ1) is 7.25. The molecule has 0 aliphatic rings. The van der Waals surface area contributed by atoms with Crippen molar-refractivity contribution in [2.45, 2.75) is 10.1 Å². The molecule has 0 bridgehead atoms. The molecule has 0 atom stereocenters. The highest BCUT2D eigenvalue weighted by Crippen LogP contribution is 2.27. The number of oxazole rings is 1. The summed E-state index contributed by atoms with van der Waals surface area (Å²) in [4.78, 5) is 14.7. The molecule has 5 nitrogen and oxygen atoms in total. The Morgan fingerprint density at radius 2 is 2.07 bits per heavy atom. The zero-order chi connectivity index (χ0) is 10.7. The summed E-state index contributed by atoms with van der Waals surface area (Å²) in [5, 5.41) is 10.9. The van der Waals surface area contributed by atoms with Gasteiger partial charge in [-0.05, 0) is 23.9 Å². The van der Waals surface area contributed by atoms with Gasteiger partial charge in [0.05, 0.1) is 11.1 Å². The van der Waals surface area contributed by atoms with Crippen LogP contribution in [-0.2, 0) is 0 Å². The Kier molecular flexibility index (Phi) is 2.68. The van der Waals surface area contributed by atoms with Crippen molar-refractivity contribution < 1.29 is 9.34 Å². The number of nitro benzene ring substituents is 1. The Bertz CT molecular complexity index is 453. The lowest BCUT2D eigenvalue weighted by molar-refractivity contribution is -0.384. The first-order valence-electron chi connectivity index (χ1n) is 4.07. The highest BCUT2D eigenvalue weighted by molar-refractivity contribution is 7.99. The molecule has 0 N–H and O–H groups in total. The number of benzene rings is 1. The minimum absolute atomic E-state index is 0.0757. The first-order valence-corrected chi connectivity index (χ1v) is 4.89. The minimum Gasteiger partial charge on any atom is -0.440 e. The van der Waals surface area contributed by atoms with Crippen LogP contribution in [0.3, 0.4) is 0 Å². The number of nitro groups is 1. The average molecular weight is 222 g/mol. The lowest BCUT2D eigenvalue weighted by Gasteiger charge is -1.95. The SMILES string of the molecule is O=[N+]([O-])c1ccc(Sc2ncco2)cc1. The lowest BCUT2D eigenvalue weighted by Crippen LogP contribution is -1.86. The number of aromatic nitrogens is 1. The summed E-state index contributed by atoms with van der Waals surface area (Å²) in [6, 6.07) is 6.22. The predicted molar refractivity (Wildman–Crippen MR) is 53.7 cm³/mol. The summed E-state index contributed by atoms with van der Waals surface area (Å²) in [6.07, 6.45) is 3.03. The largest absolute Gasteiger partial charge is 0.440 e. The van der Waals surface area contributed by atoms with Crippen LogP contribution < -0.4 is 0 Å². The zero-order valence-corrected chi connectivity index (χ0v) is 8.31. The van der Waals surface area contributed by atoms with Crippen LogP contribution in [0.4, 0.5) is 5.69 Å². The smallest absolute Gasteiger partial charge is 0.269 e. The van der Waals surface area contributed by atoms with E-state index in [0.29, 0.717) is 5.22 Å². The summed E-state index contributed by atoms with van der Waals surface area (Å²) in [6.45, 7) is 0. The Labute approximate surface area is 89.3 Å². The average Bonchev–Trinajstić information content (AvgIpc) is 2.71. The molecule has 0 fully saturated rings. The molecule has 0 saturated carbocycles. The second-order valence-electron chi connectivity index (χ2n) is 2.65. The summed E-state index contributed by atoms with van der Waals surface area (Å²) < 4.78 is 5.03. The van der Waals surface area contributed by atoms with Gasteiger partial charge < -0.3 is 4.42 Å². The maximum absolute atomic E-state index is 10.4. The standard InChI is InChI=1S/C9H6N2O3S/c12-11(13)7-1-3-8(4-2-7)15-9-10-5-6-14-9/h1-6H. The minimum atomic E-state index is -0.431. The molecule has 0 aliphatic heterocycles. The molecule has 0 saturated heterocycles. The van der Waals surface area contributed by atoms with Crippen LogP contribution in [0.15, 0.2) is 51.3 Å². The van der Waals surface area contributed by atoms with Crippen LogP contribution in [0, 0.1) is 10.1 Å². The normalized spacial score (nSPS) is 10.1. The highest BCUT2D eigenvalue weighted by Gasteiger charge is 2.06. The predicted octanol–water partition coefficient (Wildman–Crippen LogP) is 2.73. The van der Waals surface area contributed by atoms with Gasteiger partial charge >= 0.3 is 0 Å². The molecule has 2 aromatic rings. The molecule has 1 aromatic heterocycles. The number of rotatable bonds is 3.